The zero-order valence-corrected chi connectivity index (χ0v) is 20.1. The smallest absolute Gasteiger partial charge is 0.247 e. The van der Waals surface area contributed by atoms with Gasteiger partial charge in [0.15, 0.2) is 11.5 Å². The average Bonchev–Trinajstić information content (AvgIpc) is 3.35. The van der Waals surface area contributed by atoms with E-state index in [9.17, 15) is 0 Å². The first-order chi connectivity index (χ1) is 16.7. The molecule has 0 aliphatic carbocycles. The molecule has 3 aromatic carbocycles. The first-order valence-corrected chi connectivity index (χ1v) is 11.8. The fourth-order valence-electron chi connectivity index (χ4n) is 3.70. The lowest BCUT2D eigenvalue weighted by Crippen LogP contribution is -2.25. The molecule has 0 unspecified atom stereocenters. The Morgan fingerprint density at radius 1 is 0.882 bits per heavy atom. The minimum Gasteiger partial charge on any atom is -0.490 e. The van der Waals surface area contributed by atoms with Gasteiger partial charge in [-0.2, -0.15) is 0 Å². The molecule has 1 N–H and O–H groups in total. The summed E-state index contributed by atoms with van der Waals surface area (Å²) >= 11 is 6.53. The zero-order chi connectivity index (χ0) is 23.8. The number of halogens is 1. The van der Waals surface area contributed by atoms with Crippen LogP contribution < -0.4 is 14.8 Å². The Morgan fingerprint density at radius 2 is 1.62 bits per heavy atom. The molecule has 0 fully saturated rings. The van der Waals surface area contributed by atoms with Gasteiger partial charge in [0.1, 0.15) is 6.04 Å². The number of hydrogen-bond donors (Lipinski definition) is 1. The van der Waals surface area contributed by atoms with Gasteiger partial charge in [0.05, 0.1) is 13.2 Å². The van der Waals surface area contributed by atoms with Gasteiger partial charge < -0.3 is 19.2 Å². The van der Waals surface area contributed by atoms with Gasteiger partial charge in [0.25, 0.3) is 0 Å². The van der Waals surface area contributed by atoms with E-state index in [1.807, 2.05) is 80.6 Å². The molecule has 176 valence electrons. The van der Waals surface area contributed by atoms with E-state index >= 15 is 0 Å². The molecule has 0 amide bonds. The molecule has 0 aliphatic heterocycles. The van der Waals surface area contributed by atoms with Crippen LogP contribution in [0, 0.1) is 0 Å². The maximum atomic E-state index is 6.53. The average molecular weight is 478 g/mol. The molecule has 7 heteroatoms. The molecule has 1 heterocycles. The van der Waals surface area contributed by atoms with Crippen LogP contribution in [0.1, 0.15) is 36.9 Å². The fourth-order valence-corrected chi connectivity index (χ4v) is 3.94. The third-order valence-corrected chi connectivity index (χ3v) is 5.64. The molecule has 1 aromatic heterocycles. The Labute approximate surface area is 204 Å². The zero-order valence-electron chi connectivity index (χ0n) is 19.3. The Kier molecular flexibility index (Phi) is 8.17. The van der Waals surface area contributed by atoms with Crippen molar-refractivity contribution in [3.63, 3.8) is 0 Å². The van der Waals surface area contributed by atoms with E-state index in [0.717, 1.165) is 34.6 Å². The van der Waals surface area contributed by atoms with E-state index in [4.69, 9.17) is 25.5 Å². The molecule has 6 nitrogen and oxygen atoms in total. The minimum atomic E-state index is -0.340. The van der Waals surface area contributed by atoms with Crippen LogP contribution in [-0.2, 0) is 6.42 Å². The van der Waals surface area contributed by atoms with Crippen LogP contribution in [0.2, 0.25) is 5.02 Å². The molecule has 0 spiro atoms. The molecule has 0 saturated heterocycles. The lowest BCUT2D eigenvalue weighted by atomic mass is 10.1. The van der Waals surface area contributed by atoms with Crippen LogP contribution in [0.5, 0.6) is 11.5 Å². The maximum absolute atomic E-state index is 6.53. The highest BCUT2D eigenvalue weighted by atomic mass is 35.5. The molecule has 0 bridgehead atoms. The monoisotopic (exact) mass is 477 g/mol. The SMILES string of the molecule is CCOc1ccc(CCN[C@H](c2nnc(-c3ccccc3)o2)c2ccccc2Cl)cc1OCC. The number of benzene rings is 3. The summed E-state index contributed by atoms with van der Waals surface area (Å²) in [4.78, 5) is 0. The highest BCUT2D eigenvalue weighted by Gasteiger charge is 2.23. The summed E-state index contributed by atoms with van der Waals surface area (Å²) in [5, 5.41) is 12.8. The summed E-state index contributed by atoms with van der Waals surface area (Å²) in [5.41, 5.74) is 2.89. The van der Waals surface area contributed by atoms with Crippen LogP contribution in [0.3, 0.4) is 0 Å². The second-order valence-corrected chi connectivity index (χ2v) is 8.02. The van der Waals surface area contributed by atoms with Gasteiger partial charge in [-0.25, -0.2) is 0 Å². The Hall–Kier alpha value is -3.35. The molecule has 0 aliphatic rings. The van der Waals surface area contributed by atoms with E-state index in [1.54, 1.807) is 0 Å². The normalized spacial score (nSPS) is 11.9. The predicted molar refractivity (Wildman–Crippen MR) is 134 cm³/mol. The summed E-state index contributed by atoms with van der Waals surface area (Å²) in [5.74, 6) is 2.46. The van der Waals surface area contributed by atoms with Gasteiger partial charge >= 0.3 is 0 Å². The van der Waals surface area contributed by atoms with Crippen molar-refractivity contribution >= 4 is 11.6 Å². The summed E-state index contributed by atoms with van der Waals surface area (Å²) in [6, 6.07) is 23.1. The first-order valence-electron chi connectivity index (χ1n) is 11.4. The van der Waals surface area contributed by atoms with Crippen LogP contribution in [0.15, 0.2) is 77.2 Å². The Balaban J connectivity index is 1.53. The van der Waals surface area contributed by atoms with Gasteiger partial charge in [-0.15, -0.1) is 10.2 Å². The molecule has 1 atom stereocenters. The van der Waals surface area contributed by atoms with Crippen molar-refractivity contribution in [3.8, 4) is 23.0 Å². The van der Waals surface area contributed by atoms with Crippen molar-refractivity contribution in [2.75, 3.05) is 19.8 Å². The van der Waals surface area contributed by atoms with E-state index in [-0.39, 0.29) is 6.04 Å². The van der Waals surface area contributed by atoms with Crippen LogP contribution in [0.25, 0.3) is 11.5 Å². The number of aromatic nitrogens is 2. The number of nitrogens with zero attached hydrogens (tertiary/aromatic N) is 2. The second kappa shape index (κ2) is 11.7. The van der Waals surface area contributed by atoms with Crippen molar-refractivity contribution in [2.45, 2.75) is 26.3 Å². The number of hydrogen-bond acceptors (Lipinski definition) is 6. The third-order valence-electron chi connectivity index (χ3n) is 5.29. The summed E-state index contributed by atoms with van der Waals surface area (Å²) in [6.07, 6.45) is 0.771. The maximum Gasteiger partial charge on any atom is 0.247 e. The fraction of sp³-hybridized carbons (Fsp3) is 0.259. The van der Waals surface area contributed by atoms with Gasteiger partial charge in [0.2, 0.25) is 11.8 Å². The Bertz CT molecular complexity index is 1200. The predicted octanol–water partition coefficient (Wildman–Crippen LogP) is 6.11. The second-order valence-electron chi connectivity index (χ2n) is 7.62. The highest BCUT2D eigenvalue weighted by Crippen LogP contribution is 2.31. The topological polar surface area (TPSA) is 69.4 Å². The van der Waals surface area contributed by atoms with Crippen molar-refractivity contribution in [2.24, 2.45) is 0 Å². The van der Waals surface area contributed by atoms with Gasteiger partial charge in [-0.1, -0.05) is 54.1 Å². The molecule has 4 aromatic rings. The lowest BCUT2D eigenvalue weighted by Gasteiger charge is -2.17. The molecular weight excluding hydrogens is 450 g/mol. The van der Waals surface area contributed by atoms with E-state index in [1.165, 1.54) is 0 Å². The molecule has 4 rings (SSSR count). The van der Waals surface area contributed by atoms with Crippen LogP contribution in [0.4, 0.5) is 0 Å². The van der Waals surface area contributed by atoms with Crippen molar-refractivity contribution in [3.05, 3.63) is 94.8 Å². The van der Waals surface area contributed by atoms with E-state index < -0.39 is 0 Å². The lowest BCUT2D eigenvalue weighted by molar-refractivity contribution is 0.287. The third kappa shape index (κ3) is 5.76. The van der Waals surface area contributed by atoms with Crippen LogP contribution in [-0.4, -0.2) is 30.0 Å². The minimum absolute atomic E-state index is 0.340. The van der Waals surface area contributed by atoms with E-state index in [2.05, 4.69) is 21.6 Å². The molecular formula is C27H28ClN3O3. The molecule has 34 heavy (non-hydrogen) atoms. The van der Waals surface area contributed by atoms with Crippen molar-refractivity contribution in [1.29, 1.82) is 0 Å². The van der Waals surface area contributed by atoms with Crippen molar-refractivity contribution < 1.29 is 13.9 Å². The summed E-state index contributed by atoms with van der Waals surface area (Å²) < 4.78 is 17.5. The van der Waals surface area contributed by atoms with Gasteiger partial charge in [-0.3, -0.25) is 0 Å². The van der Waals surface area contributed by atoms with Crippen molar-refractivity contribution in [1.82, 2.24) is 15.5 Å². The quantitative estimate of drug-likeness (QED) is 0.281. The Morgan fingerprint density at radius 3 is 2.38 bits per heavy atom. The molecule has 0 saturated carbocycles. The summed E-state index contributed by atoms with van der Waals surface area (Å²) in [6.45, 7) is 5.76. The van der Waals surface area contributed by atoms with E-state index in [0.29, 0.717) is 36.6 Å². The first kappa shape index (κ1) is 23.8. The van der Waals surface area contributed by atoms with Crippen LogP contribution >= 0.6 is 11.6 Å². The number of rotatable bonds is 11. The summed E-state index contributed by atoms with van der Waals surface area (Å²) in [7, 11) is 0. The largest absolute Gasteiger partial charge is 0.490 e. The number of ether oxygens (including phenoxy) is 2. The number of nitrogens with one attached hydrogen (secondary N) is 1. The highest BCUT2D eigenvalue weighted by molar-refractivity contribution is 6.31. The standard InChI is InChI=1S/C27H28ClN3O3/c1-3-32-23-15-14-19(18-24(23)33-4-2)16-17-29-25(21-12-8-9-13-22(21)28)27-31-30-26(34-27)20-10-6-5-7-11-20/h5-15,18,25,29H,3-4,16-17H2,1-2H3/t25-/m0/s1. The molecule has 0 radical (unpaired) electrons. The van der Waals surface area contributed by atoms with Gasteiger partial charge in [0, 0.05) is 17.1 Å². The van der Waals surface area contributed by atoms with Gasteiger partial charge in [-0.05, 0) is 61.7 Å².